The van der Waals surface area contributed by atoms with E-state index in [1.807, 2.05) is 0 Å². The van der Waals surface area contributed by atoms with Gasteiger partial charge in [-0.2, -0.15) is 0 Å². The number of hydrogen-bond acceptors (Lipinski definition) is 4. The smallest absolute Gasteiger partial charge is 0.193 e. The van der Waals surface area contributed by atoms with Crippen molar-refractivity contribution in [1.82, 2.24) is 10.2 Å². The molecular weight excluding hydrogens is 505 g/mol. The average Bonchev–Trinajstić information content (AvgIpc) is 3.16. The van der Waals surface area contributed by atoms with Crippen molar-refractivity contribution in [1.29, 1.82) is 0 Å². The van der Waals surface area contributed by atoms with E-state index in [1.165, 1.54) is 44.9 Å². The van der Waals surface area contributed by atoms with E-state index >= 15 is 0 Å². The summed E-state index contributed by atoms with van der Waals surface area (Å²) in [6.07, 6.45) is 15.9. The summed E-state index contributed by atoms with van der Waals surface area (Å²) in [5.74, 6) is 1.07. The number of rotatable bonds is 10. The zero-order valence-electron chi connectivity index (χ0n) is 19.7. The van der Waals surface area contributed by atoms with Crippen LogP contribution in [-0.4, -0.2) is 75.2 Å². The molecule has 3 aliphatic rings. The molecule has 0 spiro atoms. The van der Waals surface area contributed by atoms with E-state index in [9.17, 15) is 0 Å². The van der Waals surface area contributed by atoms with Gasteiger partial charge in [0, 0.05) is 39.4 Å². The van der Waals surface area contributed by atoms with Crippen LogP contribution < -0.4 is 5.32 Å². The van der Waals surface area contributed by atoms with Crippen LogP contribution in [0.25, 0.3) is 0 Å². The summed E-state index contributed by atoms with van der Waals surface area (Å²) >= 11 is 0. The Morgan fingerprint density at radius 2 is 1.68 bits per heavy atom. The van der Waals surface area contributed by atoms with Crippen molar-refractivity contribution in [2.45, 2.75) is 102 Å². The number of nitrogens with zero attached hydrogens (tertiary/aromatic N) is 2. The van der Waals surface area contributed by atoms with Gasteiger partial charge in [-0.3, -0.25) is 4.99 Å². The number of hydrogen-bond donors (Lipinski definition) is 1. The number of halogens is 1. The maximum absolute atomic E-state index is 6.11. The molecule has 0 aromatic heterocycles. The van der Waals surface area contributed by atoms with Crippen LogP contribution in [-0.2, 0) is 14.2 Å². The number of likely N-dealkylation sites (tertiary alicyclic amines) is 1. The highest BCUT2D eigenvalue weighted by atomic mass is 127. The Morgan fingerprint density at radius 3 is 2.35 bits per heavy atom. The van der Waals surface area contributed by atoms with Gasteiger partial charge in [-0.05, 0) is 58.3 Å². The van der Waals surface area contributed by atoms with Crippen LogP contribution in [0.2, 0.25) is 0 Å². The molecule has 0 aromatic rings. The predicted octanol–water partition coefficient (Wildman–Crippen LogP) is 4.75. The fraction of sp³-hybridized carbons (Fsp3) is 0.958. The lowest BCUT2D eigenvalue weighted by atomic mass is 10.1. The van der Waals surface area contributed by atoms with Gasteiger partial charge in [0.2, 0.25) is 0 Å². The van der Waals surface area contributed by atoms with Gasteiger partial charge in [-0.25, -0.2) is 0 Å². The third-order valence-electron chi connectivity index (χ3n) is 6.59. The molecule has 1 saturated carbocycles. The molecule has 0 amide bonds. The molecule has 0 radical (unpaired) electrons. The normalized spacial score (nSPS) is 24.1. The second-order valence-electron chi connectivity index (χ2n) is 9.08. The Bertz CT molecular complexity index is 473. The van der Waals surface area contributed by atoms with Gasteiger partial charge >= 0.3 is 0 Å². The largest absolute Gasteiger partial charge is 0.378 e. The fourth-order valence-electron chi connectivity index (χ4n) is 4.74. The minimum Gasteiger partial charge on any atom is -0.378 e. The van der Waals surface area contributed by atoms with E-state index in [-0.39, 0.29) is 24.0 Å². The van der Waals surface area contributed by atoms with E-state index in [4.69, 9.17) is 19.2 Å². The first-order chi connectivity index (χ1) is 14.8. The molecule has 1 N–H and O–H groups in total. The van der Waals surface area contributed by atoms with Crippen molar-refractivity contribution in [3.63, 3.8) is 0 Å². The lowest BCUT2D eigenvalue weighted by molar-refractivity contribution is -0.0367. The molecule has 1 unspecified atom stereocenters. The van der Waals surface area contributed by atoms with Crippen molar-refractivity contribution >= 4 is 29.9 Å². The Hall–Kier alpha value is -0.120. The highest BCUT2D eigenvalue weighted by molar-refractivity contribution is 14.0. The number of piperidine rings is 1. The summed E-state index contributed by atoms with van der Waals surface area (Å²) in [5.41, 5.74) is 0. The summed E-state index contributed by atoms with van der Waals surface area (Å²) in [6, 6.07) is 0. The van der Waals surface area contributed by atoms with Crippen molar-refractivity contribution in [3.05, 3.63) is 0 Å². The molecule has 2 heterocycles. The molecule has 0 aromatic carbocycles. The summed E-state index contributed by atoms with van der Waals surface area (Å²) in [4.78, 5) is 7.29. The van der Waals surface area contributed by atoms with E-state index in [0.29, 0.717) is 18.3 Å². The highest BCUT2D eigenvalue weighted by Crippen LogP contribution is 2.20. The standard InChI is InChI=1S/C24H45N3O3.HI/c1-2-25-24(26-15-7-8-18-28-21-10-5-3-4-6-11-21)27-16-13-22(14-17-27)30-20-23-12-9-19-29-23;/h21-23H,2-20H2,1H3,(H,25,26);1H. The third kappa shape index (κ3) is 10.6. The molecular formula is C24H46IN3O3. The van der Waals surface area contributed by atoms with Crippen molar-refractivity contribution in [3.8, 4) is 0 Å². The van der Waals surface area contributed by atoms with Crippen LogP contribution in [0.4, 0.5) is 0 Å². The Balaban J connectivity index is 0.00000341. The maximum Gasteiger partial charge on any atom is 0.193 e. The van der Waals surface area contributed by atoms with Gasteiger partial charge in [-0.1, -0.05) is 25.7 Å². The minimum atomic E-state index is 0. The molecule has 0 bridgehead atoms. The summed E-state index contributed by atoms with van der Waals surface area (Å²) in [5, 5.41) is 3.48. The summed E-state index contributed by atoms with van der Waals surface area (Å²) in [7, 11) is 0. The number of aliphatic imine (C=N–C) groups is 1. The van der Waals surface area contributed by atoms with Gasteiger partial charge in [0.15, 0.2) is 5.96 Å². The average molecular weight is 552 g/mol. The zero-order chi connectivity index (χ0) is 20.9. The first kappa shape index (κ1) is 27.1. The van der Waals surface area contributed by atoms with Crippen LogP contribution in [0.15, 0.2) is 4.99 Å². The molecule has 1 atom stereocenters. The van der Waals surface area contributed by atoms with Crippen molar-refractivity contribution in [2.24, 2.45) is 4.99 Å². The highest BCUT2D eigenvalue weighted by Gasteiger charge is 2.24. The zero-order valence-corrected chi connectivity index (χ0v) is 22.0. The van der Waals surface area contributed by atoms with Crippen molar-refractivity contribution < 1.29 is 14.2 Å². The minimum absolute atomic E-state index is 0. The first-order valence-electron chi connectivity index (χ1n) is 12.7. The maximum atomic E-state index is 6.11. The van der Waals surface area contributed by atoms with Gasteiger partial charge in [0.05, 0.1) is 24.9 Å². The third-order valence-corrected chi connectivity index (χ3v) is 6.59. The van der Waals surface area contributed by atoms with Crippen LogP contribution in [0, 0.1) is 0 Å². The SMILES string of the molecule is CCNC(=NCCCCOC1CCCCCC1)N1CCC(OCC2CCCO2)CC1.I. The summed E-state index contributed by atoms with van der Waals surface area (Å²) < 4.78 is 17.9. The van der Waals surface area contributed by atoms with Crippen LogP contribution in [0.3, 0.4) is 0 Å². The quantitative estimate of drug-likeness (QED) is 0.140. The van der Waals surface area contributed by atoms with E-state index in [0.717, 1.165) is 84.1 Å². The van der Waals surface area contributed by atoms with Crippen LogP contribution in [0.5, 0.6) is 0 Å². The van der Waals surface area contributed by atoms with Gasteiger partial charge in [0.25, 0.3) is 0 Å². The molecule has 31 heavy (non-hydrogen) atoms. The van der Waals surface area contributed by atoms with Crippen LogP contribution in [0.1, 0.15) is 84.0 Å². The molecule has 2 saturated heterocycles. The molecule has 3 fully saturated rings. The monoisotopic (exact) mass is 551 g/mol. The number of unbranched alkanes of at least 4 members (excludes halogenated alkanes) is 1. The number of ether oxygens (including phenoxy) is 3. The molecule has 2 aliphatic heterocycles. The molecule has 6 nitrogen and oxygen atoms in total. The van der Waals surface area contributed by atoms with Crippen LogP contribution >= 0.6 is 24.0 Å². The lowest BCUT2D eigenvalue weighted by Crippen LogP contribution is -2.47. The van der Waals surface area contributed by atoms with E-state index in [2.05, 4.69) is 17.1 Å². The molecule has 7 heteroatoms. The second kappa shape index (κ2) is 16.5. The van der Waals surface area contributed by atoms with Gasteiger partial charge in [0.1, 0.15) is 0 Å². The predicted molar refractivity (Wildman–Crippen MR) is 138 cm³/mol. The second-order valence-corrected chi connectivity index (χ2v) is 9.08. The Kier molecular flexibility index (Phi) is 14.4. The summed E-state index contributed by atoms with van der Waals surface area (Å²) in [6.45, 7) is 8.55. The topological polar surface area (TPSA) is 55.3 Å². The van der Waals surface area contributed by atoms with Crippen molar-refractivity contribution in [2.75, 3.05) is 46.0 Å². The number of nitrogens with one attached hydrogen (secondary N) is 1. The number of guanidine groups is 1. The Morgan fingerprint density at radius 1 is 0.935 bits per heavy atom. The Labute approximate surface area is 207 Å². The van der Waals surface area contributed by atoms with Gasteiger partial charge in [-0.15, -0.1) is 24.0 Å². The first-order valence-corrected chi connectivity index (χ1v) is 12.7. The van der Waals surface area contributed by atoms with E-state index in [1.54, 1.807) is 0 Å². The molecule has 182 valence electrons. The lowest BCUT2D eigenvalue weighted by Gasteiger charge is -2.34. The molecule has 1 aliphatic carbocycles. The fourth-order valence-corrected chi connectivity index (χ4v) is 4.74. The van der Waals surface area contributed by atoms with Gasteiger partial charge < -0.3 is 24.4 Å². The molecule has 3 rings (SSSR count). The van der Waals surface area contributed by atoms with E-state index < -0.39 is 0 Å².